The fraction of sp³-hybridized carbons (Fsp3) is 0.286. The average Bonchev–Trinajstić information content (AvgIpc) is 2.88. The molecule has 1 N–H and O–H groups in total. The molecule has 0 amide bonds. The Morgan fingerprint density at radius 1 is 1.37 bits per heavy atom. The van der Waals surface area contributed by atoms with Gasteiger partial charge in [-0.15, -0.1) is 0 Å². The molecule has 0 radical (unpaired) electrons. The van der Waals surface area contributed by atoms with E-state index in [1.807, 2.05) is 24.3 Å². The zero-order chi connectivity index (χ0) is 13.7. The van der Waals surface area contributed by atoms with Gasteiger partial charge in [0.05, 0.1) is 19.9 Å². The second-order valence-corrected chi connectivity index (χ2v) is 3.95. The van der Waals surface area contributed by atoms with Crippen LogP contribution in [0.3, 0.4) is 0 Å². The van der Waals surface area contributed by atoms with Gasteiger partial charge in [0.2, 0.25) is 0 Å². The molecule has 0 saturated carbocycles. The summed E-state index contributed by atoms with van der Waals surface area (Å²) < 4.78 is 10.2. The van der Waals surface area contributed by atoms with E-state index in [2.05, 4.69) is 9.97 Å². The summed E-state index contributed by atoms with van der Waals surface area (Å²) in [5.41, 5.74) is 1.38. The van der Waals surface area contributed by atoms with Crippen LogP contribution in [0.25, 0.3) is 0 Å². The number of nitrogens with zero attached hydrogens (tertiary/aromatic N) is 1. The maximum absolute atomic E-state index is 11.5. The number of carbonyl (C=O) groups excluding carboxylic acids is 1. The first-order valence-corrected chi connectivity index (χ1v) is 6.07. The van der Waals surface area contributed by atoms with Crippen LogP contribution in [0.1, 0.15) is 28.8 Å². The van der Waals surface area contributed by atoms with E-state index in [1.54, 1.807) is 14.0 Å². The first kappa shape index (κ1) is 13.1. The summed E-state index contributed by atoms with van der Waals surface area (Å²) in [4.78, 5) is 18.6. The van der Waals surface area contributed by atoms with Gasteiger partial charge in [-0.2, -0.15) is 0 Å². The third-order valence-electron chi connectivity index (χ3n) is 2.67. The number of aromatic amines is 1. The second kappa shape index (κ2) is 6.04. The Morgan fingerprint density at radius 2 is 2.16 bits per heavy atom. The molecule has 0 aliphatic carbocycles. The van der Waals surface area contributed by atoms with Gasteiger partial charge >= 0.3 is 5.97 Å². The van der Waals surface area contributed by atoms with Crippen molar-refractivity contribution >= 4 is 5.97 Å². The highest BCUT2D eigenvalue weighted by Gasteiger charge is 2.11. The molecule has 2 aromatic rings. The quantitative estimate of drug-likeness (QED) is 0.837. The number of hydrogen-bond donors (Lipinski definition) is 1. The molecule has 2 rings (SSSR count). The van der Waals surface area contributed by atoms with E-state index in [0.717, 1.165) is 11.3 Å². The first-order chi connectivity index (χ1) is 9.24. The van der Waals surface area contributed by atoms with Crippen LogP contribution in [0.15, 0.2) is 30.5 Å². The van der Waals surface area contributed by atoms with Crippen LogP contribution in [0.5, 0.6) is 5.75 Å². The van der Waals surface area contributed by atoms with Crippen LogP contribution in [-0.4, -0.2) is 29.7 Å². The van der Waals surface area contributed by atoms with Crippen molar-refractivity contribution in [2.24, 2.45) is 0 Å². The van der Waals surface area contributed by atoms with E-state index in [4.69, 9.17) is 9.47 Å². The lowest BCUT2D eigenvalue weighted by molar-refractivity contribution is 0.0520. The van der Waals surface area contributed by atoms with Gasteiger partial charge in [-0.1, -0.05) is 18.2 Å². The third kappa shape index (κ3) is 3.13. The maximum Gasteiger partial charge on any atom is 0.356 e. The predicted molar refractivity (Wildman–Crippen MR) is 70.3 cm³/mol. The maximum atomic E-state index is 11.5. The van der Waals surface area contributed by atoms with Crippen molar-refractivity contribution in [2.45, 2.75) is 13.3 Å². The Morgan fingerprint density at radius 3 is 2.89 bits per heavy atom. The molecule has 1 heterocycles. The largest absolute Gasteiger partial charge is 0.496 e. The Labute approximate surface area is 111 Å². The van der Waals surface area contributed by atoms with Crippen molar-refractivity contribution in [3.63, 3.8) is 0 Å². The summed E-state index contributed by atoms with van der Waals surface area (Å²) in [6, 6.07) is 7.71. The average molecular weight is 260 g/mol. The van der Waals surface area contributed by atoms with Gasteiger partial charge in [-0.05, 0) is 13.0 Å². The zero-order valence-corrected chi connectivity index (χ0v) is 11.0. The van der Waals surface area contributed by atoms with E-state index in [0.29, 0.717) is 24.5 Å². The van der Waals surface area contributed by atoms with Gasteiger partial charge < -0.3 is 14.5 Å². The van der Waals surface area contributed by atoms with Gasteiger partial charge in [0.25, 0.3) is 0 Å². The molecule has 0 fully saturated rings. The van der Waals surface area contributed by atoms with Crippen molar-refractivity contribution in [1.29, 1.82) is 0 Å². The summed E-state index contributed by atoms with van der Waals surface area (Å²) in [6.45, 7) is 2.11. The minimum atomic E-state index is -0.388. The second-order valence-electron chi connectivity index (χ2n) is 3.95. The van der Waals surface area contributed by atoms with E-state index >= 15 is 0 Å². The highest BCUT2D eigenvalue weighted by atomic mass is 16.5. The zero-order valence-electron chi connectivity index (χ0n) is 11.0. The smallest absolute Gasteiger partial charge is 0.356 e. The third-order valence-corrected chi connectivity index (χ3v) is 2.67. The number of benzene rings is 1. The summed E-state index contributed by atoms with van der Waals surface area (Å²) in [6.07, 6.45) is 2.06. The van der Waals surface area contributed by atoms with Gasteiger partial charge in [0.1, 0.15) is 17.3 Å². The number of ether oxygens (including phenoxy) is 2. The number of para-hydroxylation sites is 1. The molecule has 0 bridgehead atoms. The summed E-state index contributed by atoms with van der Waals surface area (Å²) >= 11 is 0. The van der Waals surface area contributed by atoms with Crippen LogP contribution in [0.2, 0.25) is 0 Å². The minimum absolute atomic E-state index is 0.347. The first-order valence-electron chi connectivity index (χ1n) is 6.07. The molecule has 1 aromatic heterocycles. The van der Waals surface area contributed by atoms with Crippen LogP contribution in [0.4, 0.5) is 0 Å². The number of imidazole rings is 1. The van der Waals surface area contributed by atoms with E-state index < -0.39 is 0 Å². The molecule has 0 aliphatic rings. The normalized spacial score (nSPS) is 10.2. The number of esters is 1. The molecule has 5 nitrogen and oxygen atoms in total. The number of hydrogen-bond acceptors (Lipinski definition) is 4. The highest BCUT2D eigenvalue weighted by molar-refractivity contribution is 5.86. The highest BCUT2D eigenvalue weighted by Crippen LogP contribution is 2.19. The molecule has 0 unspecified atom stereocenters. The van der Waals surface area contributed by atoms with Crippen molar-refractivity contribution in [2.75, 3.05) is 13.7 Å². The summed E-state index contributed by atoms with van der Waals surface area (Å²) in [5, 5.41) is 0. The predicted octanol–water partition coefficient (Wildman–Crippen LogP) is 2.19. The molecule has 5 heteroatoms. The van der Waals surface area contributed by atoms with Crippen molar-refractivity contribution < 1.29 is 14.3 Å². The molecule has 0 saturated heterocycles. The molecule has 0 atom stereocenters. The standard InChI is InChI=1S/C14H16N2O3/c1-3-19-14(17)11-9-15-13(16-11)8-10-6-4-5-7-12(10)18-2/h4-7,9H,3,8H2,1-2H3,(H,15,16). The lowest BCUT2D eigenvalue weighted by atomic mass is 10.1. The fourth-order valence-corrected chi connectivity index (χ4v) is 1.79. The Bertz CT molecular complexity index is 563. The summed E-state index contributed by atoms with van der Waals surface area (Å²) in [7, 11) is 1.63. The van der Waals surface area contributed by atoms with Crippen LogP contribution in [-0.2, 0) is 11.2 Å². The molecule has 0 aliphatic heterocycles. The van der Waals surface area contributed by atoms with Crippen molar-refractivity contribution in [3.8, 4) is 5.75 Å². The molecule has 100 valence electrons. The van der Waals surface area contributed by atoms with Gasteiger partial charge in [0.15, 0.2) is 0 Å². The molecule has 0 spiro atoms. The van der Waals surface area contributed by atoms with E-state index in [1.165, 1.54) is 6.20 Å². The number of carbonyl (C=O) groups is 1. The van der Waals surface area contributed by atoms with E-state index in [9.17, 15) is 4.79 Å². The molecular weight excluding hydrogens is 244 g/mol. The fourth-order valence-electron chi connectivity index (χ4n) is 1.79. The summed E-state index contributed by atoms with van der Waals surface area (Å²) in [5.74, 6) is 1.12. The van der Waals surface area contributed by atoms with Crippen molar-refractivity contribution in [3.05, 3.63) is 47.5 Å². The lowest BCUT2D eigenvalue weighted by Crippen LogP contribution is -2.05. The van der Waals surface area contributed by atoms with Gasteiger partial charge in [0, 0.05) is 12.0 Å². The number of rotatable bonds is 5. The van der Waals surface area contributed by atoms with Gasteiger partial charge in [-0.3, -0.25) is 0 Å². The van der Waals surface area contributed by atoms with Gasteiger partial charge in [-0.25, -0.2) is 9.78 Å². The lowest BCUT2D eigenvalue weighted by Gasteiger charge is -2.06. The van der Waals surface area contributed by atoms with Crippen molar-refractivity contribution in [1.82, 2.24) is 9.97 Å². The van der Waals surface area contributed by atoms with Crippen LogP contribution in [0, 0.1) is 0 Å². The van der Waals surface area contributed by atoms with Crippen LogP contribution >= 0.6 is 0 Å². The molecular formula is C14H16N2O3. The molecule has 1 aromatic carbocycles. The minimum Gasteiger partial charge on any atom is -0.496 e. The Kier molecular flexibility index (Phi) is 4.18. The number of methoxy groups -OCH3 is 1. The molecule has 19 heavy (non-hydrogen) atoms. The van der Waals surface area contributed by atoms with E-state index in [-0.39, 0.29) is 5.97 Å². The monoisotopic (exact) mass is 260 g/mol. The topological polar surface area (TPSA) is 64.2 Å². The SMILES string of the molecule is CCOC(=O)c1cnc(Cc2ccccc2OC)[nH]1. The number of H-pyrrole nitrogens is 1. The Hall–Kier alpha value is -2.30. The number of nitrogens with one attached hydrogen (secondary N) is 1. The number of aromatic nitrogens is 2. The Balaban J connectivity index is 2.13. The van der Waals surface area contributed by atoms with Crippen LogP contribution < -0.4 is 4.74 Å².